The predicted molar refractivity (Wildman–Crippen MR) is 148 cm³/mol. The van der Waals surface area contributed by atoms with E-state index in [9.17, 15) is 13.2 Å². The Hall–Kier alpha value is -3.82. The van der Waals surface area contributed by atoms with Crippen LogP contribution in [0, 0.1) is 6.92 Å². The third-order valence-electron chi connectivity index (χ3n) is 6.46. The van der Waals surface area contributed by atoms with Crippen LogP contribution in [0.3, 0.4) is 0 Å². The van der Waals surface area contributed by atoms with Gasteiger partial charge in [0.2, 0.25) is 0 Å². The highest BCUT2D eigenvalue weighted by molar-refractivity contribution is 7.92. The van der Waals surface area contributed by atoms with Crippen LogP contribution in [0.15, 0.2) is 65.6 Å². The molecule has 0 aliphatic carbocycles. The molecule has 0 bridgehead atoms. The summed E-state index contributed by atoms with van der Waals surface area (Å²) in [6.45, 7) is 1.84. The molecule has 0 saturated carbocycles. The Morgan fingerprint density at radius 1 is 1.16 bits per heavy atom. The quantitative estimate of drug-likeness (QED) is 0.324. The first-order valence-corrected chi connectivity index (χ1v) is 13.9. The molecular weight excluding hydrogens is 526 g/mol. The molecule has 4 aromatic rings. The van der Waals surface area contributed by atoms with Crippen LogP contribution in [0.1, 0.15) is 29.7 Å². The Bertz CT molecular complexity index is 1680. The van der Waals surface area contributed by atoms with E-state index < -0.39 is 22.1 Å². The lowest BCUT2D eigenvalue weighted by Crippen LogP contribution is -2.43. The Kier molecular flexibility index (Phi) is 6.90. The Morgan fingerprint density at radius 2 is 1.95 bits per heavy atom. The number of halogens is 1. The van der Waals surface area contributed by atoms with Gasteiger partial charge < -0.3 is 9.84 Å². The van der Waals surface area contributed by atoms with E-state index in [4.69, 9.17) is 21.4 Å². The van der Waals surface area contributed by atoms with Crippen molar-refractivity contribution in [2.45, 2.75) is 30.8 Å². The van der Waals surface area contributed by atoms with Gasteiger partial charge in [-0.1, -0.05) is 41.9 Å². The fourth-order valence-corrected chi connectivity index (χ4v) is 6.46. The van der Waals surface area contributed by atoms with Crippen LogP contribution in [0.5, 0.6) is 5.75 Å². The van der Waals surface area contributed by atoms with Gasteiger partial charge in [-0.15, -0.1) is 0 Å². The lowest BCUT2D eigenvalue weighted by molar-refractivity contribution is -0.137. The van der Waals surface area contributed by atoms with E-state index in [1.807, 2.05) is 56.5 Å². The van der Waals surface area contributed by atoms with Crippen molar-refractivity contribution < 1.29 is 23.1 Å². The molecule has 0 amide bonds. The van der Waals surface area contributed by atoms with Crippen LogP contribution in [-0.2, 0) is 21.9 Å². The number of benzene rings is 3. The summed E-state index contributed by atoms with van der Waals surface area (Å²) in [5.74, 6) is -0.582. The summed E-state index contributed by atoms with van der Waals surface area (Å²) in [7, 11) is -2.09. The molecule has 0 fully saturated rings. The van der Waals surface area contributed by atoms with Crippen molar-refractivity contribution in [2.75, 3.05) is 10.8 Å². The van der Waals surface area contributed by atoms with Gasteiger partial charge in [-0.25, -0.2) is 8.42 Å². The van der Waals surface area contributed by atoms with E-state index in [0.717, 1.165) is 22.0 Å². The van der Waals surface area contributed by atoms with Crippen molar-refractivity contribution in [3.05, 3.63) is 82.5 Å². The Labute approximate surface area is 225 Å². The van der Waals surface area contributed by atoms with E-state index in [1.165, 1.54) is 4.31 Å². The van der Waals surface area contributed by atoms with E-state index in [1.54, 1.807) is 35.0 Å². The molecule has 8 nitrogen and oxygen atoms in total. The average molecular weight is 552 g/mol. The maximum Gasteiger partial charge on any atom is 0.303 e. The Morgan fingerprint density at radius 3 is 2.71 bits per heavy atom. The normalized spacial score (nSPS) is 15.6. The van der Waals surface area contributed by atoms with Crippen molar-refractivity contribution in [2.24, 2.45) is 7.05 Å². The van der Waals surface area contributed by atoms with E-state index in [0.29, 0.717) is 22.2 Å². The summed E-state index contributed by atoms with van der Waals surface area (Å²) in [5, 5.41) is 15.1. The number of rotatable bonds is 7. The summed E-state index contributed by atoms with van der Waals surface area (Å²) < 4.78 is 36.7. The second kappa shape index (κ2) is 10.2. The first kappa shape index (κ1) is 25.8. The monoisotopic (exact) mass is 551 g/mol. The van der Waals surface area contributed by atoms with Crippen molar-refractivity contribution in [1.29, 1.82) is 0 Å². The lowest BCUT2D eigenvalue weighted by atomic mass is 10.1. The van der Waals surface area contributed by atoms with Gasteiger partial charge in [-0.05, 0) is 66.9 Å². The molecule has 38 heavy (non-hydrogen) atoms. The number of nitrogens with zero attached hydrogens (tertiary/aromatic N) is 3. The van der Waals surface area contributed by atoms with Crippen molar-refractivity contribution in [3.8, 4) is 5.75 Å². The molecule has 1 aromatic heterocycles. The van der Waals surface area contributed by atoms with Crippen molar-refractivity contribution in [1.82, 2.24) is 9.78 Å². The first-order valence-electron chi connectivity index (χ1n) is 12.0. The number of aryl methyl sites for hydroxylation is 2. The molecule has 1 N–H and O–H groups in total. The predicted octanol–water partition coefficient (Wildman–Crippen LogP) is 5.53. The molecule has 5 rings (SSSR count). The molecule has 10 heteroatoms. The topological polar surface area (TPSA) is 102 Å². The number of hydrogen-bond acceptors (Lipinski definition) is 5. The number of aromatic nitrogens is 2. The maximum absolute atomic E-state index is 13.8. The van der Waals surface area contributed by atoms with Gasteiger partial charge in [0.1, 0.15) is 11.9 Å². The molecule has 2 heterocycles. The molecule has 3 aromatic carbocycles. The van der Waals surface area contributed by atoms with Gasteiger partial charge in [0, 0.05) is 18.9 Å². The molecule has 0 radical (unpaired) electrons. The van der Waals surface area contributed by atoms with Crippen LogP contribution in [0.25, 0.3) is 23.1 Å². The van der Waals surface area contributed by atoms with E-state index in [-0.39, 0.29) is 24.3 Å². The number of ether oxygens (including phenoxy) is 1. The van der Waals surface area contributed by atoms with Crippen LogP contribution in [0.4, 0.5) is 5.69 Å². The SMILES string of the molecule is Cc1cccc(S(=O)(=O)N2C[C@H](CCC(=O)O)Oc3ccc(/C=C/c4nn(C)c5cccc(Cl)c45)cc32)c1. The number of sulfonamides is 1. The smallest absolute Gasteiger partial charge is 0.303 e. The molecule has 1 atom stereocenters. The minimum absolute atomic E-state index is 0.00418. The zero-order valence-electron chi connectivity index (χ0n) is 20.8. The molecule has 1 aliphatic rings. The van der Waals surface area contributed by atoms with Gasteiger partial charge in [0.25, 0.3) is 10.0 Å². The van der Waals surface area contributed by atoms with Gasteiger partial charge in [-0.2, -0.15) is 5.10 Å². The van der Waals surface area contributed by atoms with Gasteiger partial charge in [0.15, 0.2) is 0 Å². The zero-order valence-corrected chi connectivity index (χ0v) is 22.4. The summed E-state index contributed by atoms with van der Waals surface area (Å²) in [5.41, 5.74) is 3.55. The highest BCUT2D eigenvalue weighted by atomic mass is 35.5. The van der Waals surface area contributed by atoms with Crippen molar-refractivity contribution >= 4 is 56.3 Å². The van der Waals surface area contributed by atoms with Gasteiger partial charge in [-0.3, -0.25) is 13.8 Å². The number of anilines is 1. The van der Waals surface area contributed by atoms with Crippen LogP contribution < -0.4 is 9.04 Å². The van der Waals surface area contributed by atoms with Crippen molar-refractivity contribution in [3.63, 3.8) is 0 Å². The van der Waals surface area contributed by atoms with E-state index in [2.05, 4.69) is 5.10 Å². The van der Waals surface area contributed by atoms with Gasteiger partial charge >= 0.3 is 5.97 Å². The minimum Gasteiger partial charge on any atom is -0.486 e. The van der Waals surface area contributed by atoms with Crippen LogP contribution >= 0.6 is 11.6 Å². The third-order valence-corrected chi connectivity index (χ3v) is 8.55. The number of hydrogen-bond donors (Lipinski definition) is 1. The summed E-state index contributed by atoms with van der Waals surface area (Å²) >= 11 is 6.44. The summed E-state index contributed by atoms with van der Waals surface area (Å²) in [6.07, 6.45) is 3.15. The number of carboxylic acids is 1. The lowest BCUT2D eigenvalue weighted by Gasteiger charge is -2.35. The number of carbonyl (C=O) groups is 1. The largest absolute Gasteiger partial charge is 0.486 e. The number of carboxylic acid groups (broad SMARTS) is 1. The fraction of sp³-hybridized carbons (Fsp3) is 0.214. The summed E-state index contributed by atoms with van der Waals surface area (Å²) in [6, 6.07) is 17.6. The second-order valence-electron chi connectivity index (χ2n) is 9.23. The number of fused-ring (bicyclic) bond motifs is 2. The van der Waals surface area contributed by atoms with Crippen LogP contribution in [0.2, 0.25) is 5.02 Å². The molecular formula is C28H26ClN3O5S. The standard InChI is InChI=1S/C28H26ClN3O5S/c1-18-5-3-6-21(15-18)38(35,36)32-17-20(11-14-27(33)34)37-26-13-10-19(16-25(26)32)9-12-23-28-22(29)7-4-8-24(28)31(2)30-23/h3-10,12-13,15-16,20H,11,14,17H2,1-2H3,(H,33,34)/b12-9+/t20-/m0/s1. The molecule has 0 unspecified atom stereocenters. The third kappa shape index (κ3) is 4.99. The molecule has 196 valence electrons. The fourth-order valence-electron chi connectivity index (χ4n) is 4.59. The van der Waals surface area contributed by atoms with Crippen LogP contribution in [-0.4, -0.2) is 41.9 Å². The second-order valence-corrected chi connectivity index (χ2v) is 11.5. The van der Waals surface area contributed by atoms with Gasteiger partial charge in [0.05, 0.1) is 33.4 Å². The molecule has 0 spiro atoms. The first-order chi connectivity index (χ1) is 18.1. The highest BCUT2D eigenvalue weighted by Gasteiger charge is 2.35. The number of aliphatic carboxylic acids is 1. The minimum atomic E-state index is -3.94. The highest BCUT2D eigenvalue weighted by Crippen LogP contribution is 2.39. The maximum atomic E-state index is 13.8. The summed E-state index contributed by atoms with van der Waals surface area (Å²) in [4.78, 5) is 11.3. The zero-order chi connectivity index (χ0) is 27.0. The average Bonchev–Trinajstić information content (AvgIpc) is 3.22. The Balaban J connectivity index is 1.54. The molecule has 1 aliphatic heterocycles. The molecule has 0 saturated heterocycles. The van der Waals surface area contributed by atoms with E-state index >= 15 is 0 Å².